The highest BCUT2D eigenvalue weighted by atomic mass is 16.2. The number of anilines is 2. The molecule has 0 aromatic heterocycles. The van der Waals surface area contributed by atoms with Crippen LogP contribution in [0.4, 0.5) is 16.2 Å². The van der Waals surface area contributed by atoms with E-state index in [4.69, 9.17) is 0 Å². The van der Waals surface area contributed by atoms with Gasteiger partial charge in [-0.05, 0) is 48.2 Å². The summed E-state index contributed by atoms with van der Waals surface area (Å²) in [6, 6.07) is 15.5. The predicted molar refractivity (Wildman–Crippen MR) is 112 cm³/mol. The molecule has 3 rings (SSSR count). The maximum atomic E-state index is 12.2. The fourth-order valence-electron chi connectivity index (χ4n) is 3.27. The van der Waals surface area contributed by atoms with Gasteiger partial charge in [0.15, 0.2) is 0 Å². The number of carbonyl (C=O) groups excluding carboxylic acids is 2. The topological polar surface area (TPSA) is 64.7 Å². The van der Waals surface area contributed by atoms with E-state index in [1.807, 2.05) is 72.4 Å². The molecule has 6 heteroatoms. The number of nitrogens with one attached hydrogen (secondary N) is 2. The highest BCUT2D eigenvalue weighted by molar-refractivity contribution is 5.89. The first-order chi connectivity index (χ1) is 13.5. The van der Waals surface area contributed by atoms with E-state index < -0.39 is 0 Å². The fourth-order valence-corrected chi connectivity index (χ4v) is 3.27. The van der Waals surface area contributed by atoms with Gasteiger partial charge in [-0.2, -0.15) is 0 Å². The molecule has 0 spiro atoms. The lowest BCUT2D eigenvalue weighted by Gasteiger charge is -2.26. The third kappa shape index (κ3) is 5.49. The van der Waals surface area contributed by atoms with Gasteiger partial charge in [0.1, 0.15) is 0 Å². The summed E-state index contributed by atoms with van der Waals surface area (Å²) in [5, 5.41) is 5.74. The zero-order valence-corrected chi connectivity index (χ0v) is 16.6. The lowest BCUT2D eigenvalue weighted by Crippen LogP contribution is -2.34. The molecule has 0 saturated carbocycles. The number of piperidine rings is 1. The largest absolute Gasteiger partial charge is 0.378 e. The molecule has 2 aromatic carbocycles. The maximum Gasteiger partial charge on any atom is 0.319 e. The normalized spacial score (nSPS) is 13.9. The standard InChI is InChI=1S/C22H28N4O2/c1-25(2)20-11-9-17(10-12-20)15-23-22(28)24-19-7-5-6-18(14-19)16-26-13-4-3-8-21(26)27/h5-7,9-12,14H,3-4,8,13,15-16H2,1-2H3,(H2,23,24,28). The highest BCUT2D eigenvalue weighted by Gasteiger charge is 2.18. The molecular formula is C22H28N4O2. The summed E-state index contributed by atoms with van der Waals surface area (Å²) in [5.41, 5.74) is 3.91. The Hall–Kier alpha value is -3.02. The minimum Gasteiger partial charge on any atom is -0.378 e. The van der Waals surface area contributed by atoms with E-state index in [1.165, 1.54) is 0 Å². The smallest absolute Gasteiger partial charge is 0.319 e. The van der Waals surface area contributed by atoms with Gasteiger partial charge >= 0.3 is 6.03 Å². The first-order valence-electron chi connectivity index (χ1n) is 9.69. The Kier molecular flexibility index (Phi) is 6.53. The second-order valence-corrected chi connectivity index (χ2v) is 7.34. The van der Waals surface area contributed by atoms with Crippen molar-refractivity contribution in [3.63, 3.8) is 0 Å². The Morgan fingerprint density at radius 1 is 1.07 bits per heavy atom. The molecule has 2 N–H and O–H groups in total. The zero-order chi connectivity index (χ0) is 19.9. The minimum absolute atomic E-state index is 0.211. The quantitative estimate of drug-likeness (QED) is 0.805. The number of benzene rings is 2. The van der Waals surface area contributed by atoms with Crippen LogP contribution < -0.4 is 15.5 Å². The first kappa shape index (κ1) is 19.7. The van der Waals surface area contributed by atoms with Gasteiger partial charge in [-0.15, -0.1) is 0 Å². The van der Waals surface area contributed by atoms with Gasteiger partial charge in [0.2, 0.25) is 5.91 Å². The van der Waals surface area contributed by atoms with Crippen molar-refractivity contribution in [2.45, 2.75) is 32.4 Å². The third-order valence-electron chi connectivity index (χ3n) is 4.89. The molecule has 0 aliphatic carbocycles. The molecule has 148 valence electrons. The molecule has 0 unspecified atom stereocenters. The van der Waals surface area contributed by atoms with Crippen LogP contribution in [0.15, 0.2) is 48.5 Å². The third-order valence-corrected chi connectivity index (χ3v) is 4.89. The van der Waals surface area contributed by atoms with Crippen LogP contribution in [0.1, 0.15) is 30.4 Å². The van der Waals surface area contributed by atoms with Crippen LogP contribution in [-0.4, -0.2) is 37.5 Å². The molecular weight excluding hydrogens is 352 g/mol. The number of amides is 3. The van der Waals surface area contributed by atoms with E-state index in [2.05, 4.69) is 10.6 Å². The number of urea groups is 1. The molecule has 1 fully saturated rings. The molecule has 0 bridgehead atoms. The van der Waals surface area contributed by atoms with E-state index >= 15 is 0 Å². The molecule has 28 heavy (non-hydrogen) atoms. The van der Waals surface area contributed by atoms with Crippen LogP contribution in [0.3, 0.4) is 0 Å². The number of nitrogens with zero attached hydrogens (tertiary/aromatic N) is 2. The van der Waals surface area contributed by atoms with Gasteiger partial charge < -0.3 is 20.4 Å². The molecule has 2 aromatic rings. The molecule has 6 nitrogen and oxygen atoms in total. The Balaban J connectivity index is 1.51. The van der Waals surface area contributed by atoms with Crippen molar-refractivity contribution < 1.29 is 9.59 Å². The Morgan fingerprint density at radius 2 is 1.86 bits per heavy atom. The number of carbonyl (C=O) groups is 2. The lowest BCUT2D eigenvalue weighted by molar-refractivity contribution is -0.133. The number of likely N-dealkylation sites (tertiary alicyclic amines) is 1. The van der Waals surface area contributed by atoms with E-state index in [0.717, 1.165) is 41.9 Å². The van der Waals surface area contributed by atoms with Crippen molar-refractivity contribution in [2.75, 3.05) is 30.9 Å². The minimum atomic E-state index is -0.247. The molecule has 1 aliphatic heterocycles. The average molecular weight is 380 g/mol. The Labute approximate surface area is 166 Å². The fraction of sp³-hybridized carbons (Fsp3) is 0.364. The monoisotopic (exact) mass is 380 g/mol. The Bertz CT molecular complexity index is 818. The van der Waals surface area contributed by atoms with E-state index in [9.17, 15) is 9.59 Å². The van der Waals surface area contributed by atoms with E-state index in [1.54, 1.807) is 0 Å². The van der Waals surface area contributed by atoms with Crippen molar-refractivity contribution in [1.82, 2.24) is 10.2 Å². The van der Waals surface area contributed by atoms with Crippen molar-refractivity contribution >= 4 is 23.3 Å². The van der Waals surface area contributed by atoms with Gasteiger partial charge in [0.25, 0.3) is 0 Å². The number of rotatable bonds is 6. The second-order valence-electron chi connectivity index (χ2n) is 7.34. The summed E-state index contributed by atoms with van der Waals surface area (Å²) < 4.78 is 0. The molecule has 0 radical (unpaired) electrons. The maximum absolute atomic E-state index is 12.2. The Morgan fingerprint density at radius 3 is 2.57 bits per heavy atom. The summed E-state index contributed by atoms with van der Waals surface area (Å²) in [5.74, 6) is 0.211. The first-order valence-corrected chi connectivity index (χ1v) is 9.69. The van der Waals surface area contributed by atoms with Crippen LogP contribution in [0.2, 0.25) is 0 Å². The van der Waals surface area contributed by atoms with Crippen molar-refractivity contribution in [2.24, 2.45) is 0 Å². The second kappa shape index (κ2) is 9.26. The number of hydrogen-bond acceptors (Lipinski definition) is 3. The average Bonchev–Trinajstić information content (AvgIpc) is 2.69. The van der Waals surface area contributed by atoms with Crippen LogP contribution in [0, 0.1) is 0 Å². The summed E-state index contributed by atoms with van der Waals surface area (Å²) in [6.45, 7) is 1.86. The summed E-state index contributed by atoms with van der Waals surface area (Å²) >= 11 is 0. The summed E-state index contributed by atoms with van der Waals surface area (Å²) in [6.07, 6.45) is 2.67. The van der Waals surface area contributed by atoms with Crippen LogP contribution >= 0.6 is 0 Å². The van der Waals surface area contributed by atoms with Gasteiger partial charge in [-0.25, -0.2) is 4.79 Å². The SMILES string of the molecule is CN(C)c1ccc(CNC(=O)Nc2cccc(CN3CCCCC3=O)c2)cc1. The summed E-state index contributed by atoms with van der Waals surface area (Å²) in [4.78, 5) is 28.1. The highest BCUT2D eigenvalue weighted by Crippen LogP contribution is 2.17. The van der Waals surface area contributed by atoms with Crippen molar-refractivity contribution in [1.29, 1.82) is 0 Å². The van der Waals surface area contributed by atoms with Crippen LogP contribution in [-0.2, 0) is 17.9 Å². The van der Waals surface area contributed by atoms with Gasteiger partial charge in [-0.1, -0.05) is 24.3 Å². The predicted octanol–water partition coefficient (Wildman–Crippen LogP) is 3.59. The summed E-state index contributed by atoms with van der Waals surface area (Å²) in [7, 11) is 3.99. The number of hydrogen-bond donors (Lipinski definition) is 2. The molecule has 1 heterocycles. The van der Waals surface area contributed by atoms with E-state index in [-0.39, 0.29) is 11.9 Å². The molecule has 1 aliphatic rings. The van der Waals surface area contributed by atoms with E-state index in [0.29, 0.717) is 19.5 Å². The van der Waals surface area contributed by atoms with Gasteiger partial charge in [0.05, 0.1) is 0 Å². The zero-order valence-electron chi connectivity index (χ0n) is 16.6. The van der Waals surface area contributed by atoms with Crippen LogP contribution in [0.5, 0.6) is 0 Å². The van der Waals surface area contributed by atoms with Gasteiger partial charge in [-0.3, -0.25) is 4.79 Å². The molecule has 0 atom stereocenters. The lowest BCUT2D eigenvalue weighted by atomic mass is 10.1. The van der Waals surface area contributed by atoms with Crippen molar-refractivity contribution in [3.05, 3.63) is 59.7 Å². The van der Waals surface area contributed by atoms with Crippen molar-refractivity contribution in [3.8, 4) is 0 Å². The molecule has 1 saturated heterocycles. The molecule has 3 amide bonds. The van der Waals surface area contributed by atoms with Crippen LogP contribution in [0.25, 0.3) is 0 Å². The van der Waals surface area contributed by atoms with Gasteiger partial charge in [0, 0.05) is 51.5 Å².